The number of carbonyl (C=O) groups is 1. The van der Waals surface area contributed by atoms with Gasteiger partial charge in [0.25, 0.3) is 15.9 Å². The number of aromatic nitrogens is 3. The molecule has 1 aromatic carbocycles. The Bertz CT molecular complexity index is 1050. The van der Waals surface area contributed by atoms with E-state index in [0.717, 1.165) is 5.56 Å². The molecular formula is C18H19N5O4S. The number of benzene rings is 1. The van der Waals surface area contributed by atoms with E-state index in [1.54, 1.807) is 11.0 Å². The molecule has 1 saturated heterocycles. The molecule has 0 unspecified atom stereocenters. The highest BCUT2D eigenvalue weighted by Crippen LogP contribution is 2.21. The molecule has 0 saturated carbocycles. The number of nitrogens with one attached hydrogen (secondary N) is 1. The minimum atomic E-state index is -3.64. The van der Waals surface area contributed by atoms with Gasteiger partial charge < -0.3 is 14.4 Å². The van der Waals surface area contributed by atoms with Crippen molar-refractivity contribution in [2.24, 2.45) is 0 Å². The Morgan fingerprint density at radius 2 is 1.93 bits per heavy atom. The Morgan fingerprint density at radius 3 is 2.68 bits per heavy atom. The number of sulfonamides is 1. The molecule has 3 aromatic rings. The molecule has 0 radical (unpaired) electrons. The molecule has 4 rings (SSSR count). The number of aromatic amines is 1. The number of hydrogen-bond donors (Lipinski definition) is 1. The summed E-state index contributed by atoms with van der Waals surface area (Å²) in [5.74, 6) is 0.244. The first-order chi connectivity index (χ1) is 13.6. The average Bonchev–Trinajstić information content (AvgIpc) is 3.36. The normalized spacial score (nSPS) is 16.1. The van der Waals surface area contributed by atoms with E-state index in [0.29, 0.717) is 25.3 Å². The molecule has 1 fully saturated rings. The third-order valence-electron chi connectivity index (χ3n) is 4.62. The second-order valence-electron chi connectivity index (χ2n) is 6.41. The van der Waals surface area contributed by atoms with E-state index >= 15 is 0 Å². The Morgan fingerprint density at radius 1 is 1.11 bits per heavy atom. The molecule has 0 bridgehead atoms. The summed E-state index contributed by atoms with van der Waals surface area (Å²) in [5, 5.41) is 3.95. The van der Waals surface area contributed by atoms with Crippen LogP contribution in [0.5, 0.6) is 0 Å². The van der Waals surface area contributed by atoms with Gasteiger partial charge in [-0.05, 0) is 6.42 Å². The van der Waals surface area contributed by atoms with E-state index in [-0.39, 0.29) is 29.7 Å². The van der Waals surface area contributed by atoms with E-state index in [1.807, 2.05) is 30.3 Å². The SMILES string of the molecule is O=C(c1cc(-c2ccccc2)on1)N1CCCN(S(=O)(=O)c2cnc[nH]2)CC1. The van der Waals surface area contributed by atoms with E-state index in [2.05, 4.69) is 15.1 Å². The van der Waals surface area contributed by atoms with E-state index in [9.17, 15) is 13.2 Å². The van der Waals surface area contributed by atoms with Gasteiger partial charge in [-0.15, -0.1) is 0 Å². The fourth-order valence-electron chi connectivity index (χ4n) is 3.14. The lowest BCUT2D eigenvalue weighted by Gasteiger charge is -2.20. The zero-order valence-corrected chi connectivity index (χ0v) is 15.8. The van der Waals surface area contributed by atoms with E-state index < -0.39 is 10.0 Å². The average molecular weight is 401 g/mol. The lowest BCUT2D eigenvalue weighted by atomic mass is 10.1. The van der Waals surface area contributed by atoms with E-state index in [1.165, 1.54) is 16.8 Å². The first-order valence-corrected chi connectivity index (χ1v) is 10.3. The topological polar surface area (TPSA) is 112 Å². The predicted octanol–water partition coefficient (Wildman–Crippen LogP) is 1.60. The lowest BCUT2D eigenvalue weighted by Crippen LogP contribution is -2.37. The van der Waals surface area contributed by atoms with E-state index in [4.69, 9.17) is 4.52 Å². The van der Waals surface area contributed by atoms with Crippen molar-refractivity contribution in [2.75, 3.05) is 26.2 Å². The van der Waals surface area contributed by atoms with Crippen LogP contribution in [0.4, 0.5) is 0 Å². The number of imidazole rings is 1. The van der Waals surface area contributed by atoms with Crippen LogP contribution in [0.2, 0.25) is 0 Å². The third kappa shape index (κ3) is 3.56. The lowest BCUT2D eigenvalue weighted by molar-refractivity contribution is 0.0754. The fraction of sp³-hybridized carbons (Fsp3) is 0.278. The van der Waals surface area contributed by atoms with Crippen LogP contribution in [0, 0.1) is 0 Å². The zero-order valence-electron chi connectivity index (χ0n) is 15.0. The molecule has 1 aliphatic rings. The molecule has 1 aliphatic heterocycles. The maximum Gasteiger partial charge on any atom is 0.276 e. The van der Waals surface area contributed by atoms with Gasteiger partial charge in [0.15, 0.2) is 16.5 Å². The molecule has 146 valence electrons. The molecule has 28 heavy (non-hydrogen) atoms. The Kier molecular flexibility index (Phi) is 4.97. The number of nitrogens with zero attached hydrogens (tertiary/aromatic N) is 4. The highest BCUT2D eigenvalue weighted by molar-refractivity contribution is 7.89. The van der Waals surface area contributed by atoms with Crippen molar-refractivity contribution >= 4 is 15.9 Å². The van der Waals surface area contributed by atoms with Crippen molar-refractivity contribution in [2.45, 2.75) is 11.4 Å². The second-order valence-corrected chi connectivity index (χ2v) is 8.31. The Balaban J connectivity index is 1.46. The summed E-state index contributed by atoms with van der Waals surface area (Å²) >= 11 is 0. The van der Waals surface area contributed by atoms with Gasteiger partial charge in [-0.25, -0.2) is 13.4 Å². The second kappa shape index (κ2) is 7.56. The number of rotatable bonds is 4. The van der Waals surface area contributed by atoms with Crippen molar-refractivity contribution in [1.29, 1.82) is 0 Å². The predicted molar refractivity (Wildman–Crippen MR) is 99.8 cm³/mol. The monoisotopic (exact) mass is 401 g/mol. The summed E-state index contributed by atoms with van der Waals surface area (Å²) in [4.78, 5) is 20.8. The van der Waals surface area contributed by atoms with Gasteiger partial charge in [-0.2, -0.15) is 4.31 Å². The molecule has 1 amide bonds. The van der Waals surface area contributed by atoms with Gasteiger partial charge in [-0.1, -0.05) is 35.5 Å². The smallest absolute Gasteiger partial charge is 0.276 e. The van der Waals surface area contributed by atoms with Crippen LogP contribution in [-0.4, -0.2) is 64.8 Å². The summed E-state index contributed by atoms with van der Waals surface area (Å²) in [5.41, 5.74) is 1.05. The van der Waals surface area contributed by atoms with Crippen LogP contribution in [0.15, 0.2) is 58.5 Å². The van der Waals surface area contributed by atoms with Crippen LogP contribution in [0.25, 0.3) is 11.3 Å². The van der Waals surface area contributed by atoms with Crippen molar-refractivity contribution < 1.29 is 17.7 Å². The quantitative estimate of drug-likeness (QED) is 0.711. The Labute approximate surface area is 162 Å². The summed E-state index contributed by atoms with van der Waals surface area (Å²) in [7, 11) is -3.64. The first-order valence-electron chi connectivity index (χ1n) is 8.85. The number of carbonyl (C=O) groups excluding carboxylic acids is 1. The van der Waals surface area contributed by atoms with Crippen LogP contribution in [-0.2, 0) is 10.0 Å². The minimum absolute atomic E-state index is 0.0521. The highest BCUT2D eigenvalue weighted by atomic mass is 32.2. The van der Waals surface area contributed by atoms with Gasteiger partial charge in [-0.3, -0.25) is 4.79 Å². The zero-order chi connectivity index (χ0) is 19.6. The molecule has 0 spiro atoms. The van der Waals surface area contributed by atoms with Crippen LogP contribution in [0.3, 0.4) is 0 Å². The fourth-order valence-corrected chi connectivity index (χ4v) is 4.50. The molecule has 1 N–H and O–H groups in total. The largest absolute Gasteiger partial charge is 0.355 e. The number of H-pyrrole nitrogens is 1. The van der Waals surface area contributed by atoms with Crippen LogP contribution in [0.1, 0.15) is 16.9 Å². The highest BCUT2D eigenvalue weighted by Gasteiger charge is 2.30. The minimum Gasteiger partial charge on any atom is -0.355 e. The van der Waals surface area contributed by atoms with Crippen LogP contribution >= 0.6 is 0 Å². The third-order valence-corrected chi connectivity index (χ3v) is 6.44. The molecule has 2 aromatic heterocycles. The van der Waals surface area contributed by atoms with Crippen molar-refractivity contribution in [3.63, 3.8) is 0 Å². The van der Waals surface area contributed by atoms with Gasteiger partial charge in [0.1, 0.15) is 0 Å². The van der Waals surface area contributed by atoms with Gasteiger partial charge >= 0.3 is 0 Å². The summed E-state index contributed by atoms with van der Waals surface area (Å²) in [6.07, 6.45) is 3.14. The maximum absolute atomic E-state index is 12.8. The standard InChI is InChI=1S/C18H19N5O4S/c24-18(15-11-16(27-21-15)14-5-2-1-3-6-14)22-7-4-8-23(10-9-22)28(25,26)17-12-19-13-20-17/h1-3,5-6,11-13H,4,7-10H2,(H,19,20). The van der Waals surface area contributed by atoms with Gasteiger partial charge in [0.2, 0.25) is 0 Å². The molecule has 3 heterocycles. The molecule has 9 nitrogen and oxygen atoms in total. The molecule has 0 aliphatic carbocycles. The van der Waals surface area contributed by atoms with Gasteiger partial charge in [0, 0.05) is 37.8 Å². The van der Waals surface area contributed by atoms with Crippen molar-refractivity contribution in [1.82, 2.24) is 24.3 Å². The molecule has 0 atom stereocenters. The Hall–Kier alpha value is -2.98. The molecule has 10 heteroatoms. The number of hydrogen-bond acceptors (Lipinski definition) is 6. The summed E-state index contributed by atoms with van der Waals surface area (Å²) in [6, 6.07) is 11.0. The summed E-state index contributed by atoms with van der Waals surface area (Å²) < 4.78 is 31.9. The van der Waals surface area contributed by atoms with Crippen molar-refractivity contribution in [3.05, 3.63) is 54.6 Å². The summed E-state index contributed by atoms with van der Waals surface area (Å²) in [6.45, 7) is 1.26. The van der Waals surface area contributed by atoms with Gasteiger partial charge in [0.05, 0.1) is 12.5 Å². The first kappa shape index (κ1) is 18.4. The molecular weight excluding hydrogens is 382 g/mol. The maximum atomic E-state index is 12.8. The van der Waals surface area contributed by atoms with Crippen LogP contribution < -0.4 is 0 Å². The van der Waals surface area contributed by atoms with Crippen molar-refractivity contribution in [3.8, 4) is 11.3 Å². The number of amides is 1.